The predicted octanol–water partition coefficient (Wildman–Crippen LogP) is 3.67. The summed E-state index contributed by atoms with van der Waals surface area (Å²) in [6.07, 6.45) is 0. The molecule has 2 rings (SSSR count). The van der Waals surface area contributed by atoms with Gasteiger partial charge in [0.15, 0.2) is 9.84 Å². The molecule has 0 fully saturated rings. The fraction of sp³-hybridized carbons (Fsp3) is 0.133. The Morgan fingerprint density at radius 2 is 1.82 bits per heavy atom. The van der Waals surface area contributed by atoms with Crippen LogP contribution in [0.1, 0.15) is 5.56 Å². The standard InChI is InChI=1S/C15H13ClINO3S/c1-10-8-12(17)4-7-14(10)18-15(19)9-22(20,21)13-5-2-11(16)3-6-13/h2-8H,9H2,1H3,(H,18,19). The van der Waals surface area contributed by atoms with Gasteiger partial charge in [0.25, 0.3) is 0 Å². The van der Waals surface area contributed by atoms with Crippen molar-refractivity contribution in [3.05, 3.63) is 56.6 Å². The molecule has 0 aliphatic heterocycles. The smallest absolute Gasteiger partial charge is 0.239 e. The maximum atomic E-state index is 12.2. The summed E-state index contributed by atoms with van der Waals surface area (Å²) in [6, 6.07) is 11.2. The van der Waals surface area contributed by atoms with Crippen molar-refractivity contribution in [1.82, 2.24) is 0 Å². The normalized spacial score (nSPS) is 11.2. The summed E-state index contributed by atoms with van der Waals surface area (Å²) in [6.45, 7) is 1.85. The second-order valence-electron chi connectivity index (χ2n) is 4.72. The number of hydrogen-bond acceptors (Lipinski definition) is 3. The molecule has 2 aromatic carbocycles. The first-order valence-electron chi connectivity index (χ1n) is 6.32. The molecular weight excluding hydrogens is 437 g/mol. The van der Waals surface area contributed by atoms with Gasteiger partial charge >= 0.3 is 0 Å². The first kappa shape index (κ1) is 17.2. The number of nitrogens with one attached hydrogen (secondary N) is 1. The van der Waals surface area contributed by atoms with Crippen molar-refractivity contribution < 1.29 is 13.2 Å². The van der Waals surface area contributed by atoms with Gasteiger partial charge in [0.1, 0.15) is 5.75 Å². The van der Waals surface area contributed by atoms with Crippen LogP contribution in [0.25, 0.3) is 0 Å². The van der Waals surface area contributed by atoms with Crippen LogP contribution in [0.4, 0.5) is 5.69 Å². The molecule has 116 valence electrons. The summed E-state index contributed by atoms with van der Waals surface area (Å²) >= 11 is 7.90. The number of hydrogen-bond donors (Lipinski definition) is 1. The van der Waals surface area contributed by atoms with Crippen molar-refractivity contribution in [3.8, 4) is 0 Å². The molecule has 0 atom stereocenters. The largest absolute Gasteiger partial charge is 0.325 e. The number of carbonyl (C=O) groups is 1. The van der Waals surface area contributed by atoms with E-state index in [9.17, 15) is 13.2 Å². The highest BCUT2D eigenvalue weighted by Gasteiger charge is 2.19. The maximum Gasteiger partial charge on any atom is 0.239 e. The van der Waals surface area contributed by atoms with E-state index in [0.29, 0.717) is 10.7 Å². The monoisotopic (exact) mass is 449 g/mol. The lowest BCUT2D eigenvalue weighted by molar-refractivity contribution is -0.113. The lowest BCUT2D eigenvalue weighted by Crippen LogP contribution is -2.23. The molecule has 0 saturated carbocycles. The number of carbonyl (C=O) groups excluding carboxylic acids is 1. The quantitative estimate of drug-likeness (QED) is 0.725. The first-order valence-corrected chi connectivity index (χ1v) is 9.43. The van der Waals surface area contributed by atoms with E-state index in [0.717, 1.165) is 9.13 Å². The molecule has 2 aromatic rings. The topological polar surface area (TPSA) is 63.2 Å². The molecule has 0 unspecified atom stereocenters. The van der Waals surface area contributed by atoms with Crippen LogP contribution in [0.2, 0.25) is 5.02 Å². The number of aryl methyl sites for hydroxylation is 1. The van der Waals surface area contributed by atoms with Gasteiger partial charge in [-0.3, -0.25) is 4.79 Å². The third kappa shape index (κ3) is 4.44. The van der Waals surface area contributed by atoms with Gasteiger partial charge in [0, 0.05) is 14.3 Å². The SMILES string of the molecule is Cc1cc(I)ccc1NC(=O)CS(=O)(=O)c1ccc(Cl)cc1. The van der Waals surface area contributed by atoms with Gasteiger partial charge in [0.2, 0.25) is 5.91 Å². The average molecular weight is 450 g/mol. The van der Waals surface area contributed by atoms with Crippen molar-refractivity contribution in [3.63, 3.8) is 0 Å². The fourth-order valence-electron chi connectivity index (χ4n) is 1.85. The zero-order valence-corrected chi connectivity index (χ0v) is 15.4. The molecule has 0 aliphatic rings. The van der Waals surface area contributed by atoms with Crippen molar-refractivity contribution in [2.45, 2.75) is 11.8 Å². The molecule has 0 bridgehead atoms. The number of rotatable bonds is 4. The van der Waals surface area contributed by atoms with E-state index < -0.39 is 21.5 Å². The molecule has 0 aliphatic carbocycles. The van der Waals surface area contributed by atoms with Crippen molar-refractivity contribution >= 4 is 55.6 Å². The van der Waals surface area contributed by atoms with Crippen LogP contribution in [-0.2, 0) is 14.6 Å². The molecule has 0 aromatic heterocycles. The number of sulfone groups is 1. The Kier molecular flexibility index (Phi) is 5.46. The van der Waals surface area contributed by atoms with Gasteiger partial charge in [-0.2, -0.15) is 0 Å². The van der Waals surface area contributed by atoms with Crippen LogP contribution < -0.4 is 5.32 Å². The van der Waals surface area contributed by atoms with Crippen LogP contribution >= 0.6 is 34.2 Å². The Morgan fingerprint density at radius 3 is 2.41 bits per heavy atom. The van der Waals surface area contributed by atoms with Crippen molar-refractivity contribution in [2.75, 3.05) is 11.1 Å². The minimum atomic E-state index is -3.69. The molecule has 1 N–H and O–H groups in total. The Morgan fingerprint density at radius 1 is 1.18 bits per heavy atom. The lowest BCUT2D eigenvalue weighted by atomic mass is 10.2. The summed E-state index contributed by atoms with van der Waals surface area (Å²) < 4.78 is 25.4. The zero-order valence-electron chi connectivity index (χ0n) is 11.6. The minimum Gasteiger partial charge on any atom is -0.325 e. The summed E-state index contributed by atoms with van der Waals surface area (Å²) in [5.41, 5.74) is 1.49. The summed E-state index contributed by atoms with van der Waals surface area (Å²) in [5, 5.41) is 3.07. The molecule has 1 amide bonds. The minimum absolute atomic E-state index is 0.0754. The van der Waals surface area contributed by atoms with E-state index in [-0.39, 0.29) is 4.90 Å². The third-order valence-corrected chi connectivity index (χ3v) is 5.51. The van der Waals surface area contributed by atoms with Gasteiger partial charge in [-0.25, -0.2) is 8.42 Å². The van der Waals surface area contributed by atoms with Crippen LogP contribution in [0, 0.1) is 10.5 Å². The molecule has 22 heavy (non-hydrogen) atoms. The molecule has 4 nitrogen and oxygen atoms in total. The van der Waals surface area contributed by atoms with E-state index in [1.54, 1.807) is 6.07 Å². The van der Waals surface area contributed by atoms with Gasteiger partial charge in [-0.05, 0) is 77.5 Å². The van der Waals surface area contributed by atoms with Crippen LogP contribution in [0.3, 0.4) is 0 Å². The number of benzene rings is 2. The summed E-state index contributed by atoms with van der Waals surface area (Å²) in [7, 11) is -3.69. The number of amides is 1. The molecule has 0 spiro atoms. The Bertz CT molecular complexity index is 804. The predicted molar refractivity (Wildman–Crippen MR) is 96.0 cm³/mol. The second-order valence-corrected chi connectivity index (χ2v) is 8.39. The number of anilines is 1. The lowest BCUT2D eigenvalue weighted by Gasteiger charge is -2.09. The van der Waals surface area contributed by atoms with Crippen molar-refractivity contribution in [1.29, 1.82) is 0 Å². The van der Waals surface area contributed by atoms with Crippen LogP contribution in [0.15, 0.2) is 47.4 Å². The van der Waals surface area contributed by atoms with E-state index in [1.807, 2.05) is 19.1 Å². The van der Waals surface area contributed by atoms with Crippen LogP contribution in [0.5, 0.6) is 0 Å². The van der Waals surface area contributed by atoms with Crippen LogP contribution in [-0.4, -0.2) is 20.1 Å². The maximum absolute atomic E-state index is 12.2. The first-order chi connectivity index (χ1) is 10.3. The second kappa shape index (κ2) is 6.97. The summed E-state index contributed by atoms with van der Waals surface area (Å²) in [5.74, 6) is -1.18. The van der Waals surface area contributed by atoms with E-state index in [2.05, 4.69) is 27.9 Å². The molecular formula is C15H13ClINO3S. The van der Waals surface area contributed by atoms with Gasteiger partial charge in [-0.15, -0.1) is 0 Å². The summed E-state index contributed by atoms with van der Waals surface area (Å²) in [4.78, 5) is 12.1. The number of halogens is 2. The average Bonchev–Trinajstić information content (AvgIpc) is 2.42. The Labute approximate surface area is 147 Å². The molecule has 7 heteroatoms. The highest BCUT2D eigenvalue weighted by molar-refractivity contribution is 14.1. The molecule has 0 radical (unpaired) electrons. The van der Waals surface area contributed by atoms with E-state index >= 15 is 0 Å². The zero-order chi connectivity index (χ0) is 16.3. The Hall–Kier alpha value is -1.12. The van der Waals surface area contributed by atoms with Gasteiger partial charge < -0.3 is 5.32 Å². The molecule has 0 saturated heterocycles. The highest BCUT2D eigenvalue weighted by Crippen LogP contribution is 2.19. The van der Waals surface area contributed by atoms with E-state index in [1.165, 1.54) is 24.3 Å². The molecule has 0 heterocycles. The fourth-order valence-corrected chi connectivity index (χ4v) is 3.76. The third-order valence-electron chi connectivity index (χ3n) is 2.96. The highest BCUT2D eigenvalue weighted by atomic mass is 127. The van der Waals surface area contributed by atoms with Gasteiger partial charge in [-0.1, -0.05) is 11.6 Å². The Balaban J connectivity index is 2.12. The van der Waals surface area contributed by atoms with Crippen molar-refractivity contribution in [2.24, 2.45) is 0 Å². The van der Waals surface area contributed by atoms with E-state index in [4.69, 9.17) is 11.6 Å². The van der Waals surface area contributed by atoms with Gasteiger partial charge in [0.05, 0.1) is 4.90 Å².